The largest absolute Gasteiger partial charge is 0.489 e. The highest BCUT2D eigenvalue weighted by atomic mass is 79.9. The maximum absolute atomic E-state index is 9.64. The molecule has 1 saturated heterocycles. The first-order valence-electron chi connectivity index (χ1n) is 14.1. The highest BCUT2D eigenvalue weighted by molar-refractivity contribution is 9.10. The highest BCUT2D eigenvalue weighted by Crippen LogP contribution is 2.42. The fourth-order valence-electron chi connectivity index (χ4n) is 5.40. The van der Waals surface area contributed by atoms with Crippen LogP contribution >= 0.6 is 15.9 Å². The number of nitrogens with one attached hydrogen (secondary N) is 2. The summed E-state index contributed by atoms with van der Waals surface area (Å²) in [5.41, 5.74) is 7.20. The van der Waals surface area contributed by atoms with Crippen LogP contribution in [0.15, 0.2) is 59.3 Å². The van der Waals surface area contributed by atoms with Crippen molar-refractivity contribution in [1.29, 1.82) is 5.26 Å². The third-order valence-corrected chi connectivity index (χ3v) is 8.65. The van der Waals surface area contributed by atoms with E-state index in [2.05, 4.69) is 54.1 Å². The Bertz CT molecular complexity index is 1720. The molecule has 1 aromatic carbocycles. The van der Waals surface area contributed by atoms with Crippen LogP contribution in [0.1, 0.15) is 67.3 Å². The molecular weight excluding hydrogens is 566 g/mol. The van der Waals surface area contributed by atoms with Crippen molar-refractivity contribution in [2.24, 2.45) is 0 Å². The van der Waals surface area contributed by atoms with Crippen LogP contribution in [0.5, 0.6) is 5.75 Å². The molecule has 0 unspecified atom stereocenters. The summed E-state index contributed by atoms with van der Waals surface area (Å²) in [6.07, 6.45) is 10.6. The summed E-state index contributed by atoms with van der Waals surface area (Å²) in [5, 5.41) is 12.0. The number of aromatic amines is 2. The average molecular weight is 597 g/mol. The van der Waals surface area contributed by atoms with E-state index in [1.807, 2.05) is 42.7 Å². The van der Waals surface area contributed by atoms with E-state index in [0.717, 1.165) is 64.3 Å². The topological polar surface area (TPSA) is 99.6 Å². The number of rotatable bonds is 5. The molecule has 3 fully saturated rings. The monoisotopic (exact) mass is 595 g/mol. The molecule has 0 radical (unpaired) electrons. The number of nitrogens with zero attached hydrogens (tertiary/aromatic N) is 3. The van der Waals surface area contributed by atoms with Gasteiger partial charge in [-0.3, -0.25) is 0 Å². The standard InChI is InChI=1S/C22H21N3O2.C10H9BrN2/c23-13-16-11-15(3-4-21(16)27-17-6-9-26-10-7-17)18-5-8-24-22-19(18)12-20(25-22)14-1-2-14;11-8-3-4-12-10-7(8)5-9(13-10)6-1-2-6/h3-5,8,11-12,14,17H,1-2,6-7,9-10H2,(H,24,25);3-6H,1-2H2,(H,12,13). The Morgan fingerprint density at radius 3 is 2.12 bits per heavy atom. The summed E-state index contributed by atoms with van der Waals surface area (Å²) in [6, 6.07) is 16.6. The Morgan fingerprint density at radius 2 is 1.48 bits per heavy atom. The fraction of sp³-hybridized carbons (Fsp3) is 0.344. The van der Waals surface area contributed by atoms with E-state index in [-0.39, 0.29) is 6.10 Å². The van der Waals surface area contributed by atoms with Crippen LogP contribution in [0, 0.1) is 11.3 Å². The predicted molar refractivity (Wildman–Crippen MR) is 158 cm³/mol. The van der Waals surface area contributed by atoms with Gasteiger partial charge in [-0.05, 0) is 101 Å². The molecule has 0 spiro atoms. The average Bonchev–Trinajstić information content (AvgIpc) is 3.93. The lowest BCUT2D eigenvalue weighted by Gasteiger charge is -2.23. The molecule has 202 valence electrons. The number of ether oxygens (including phenoxy) is 2. The van der Waals surface area contributed by atoms with Crippen LogP contribution in [0.4, 0.5) is 0 Å². The van der Waals surface area contributed by atoms with Gasteiger partial charge in [0, 0.05) is 51.9 Å². The van der Waals surface area contributed by atoms with Crippen molar-refractivity contribution in [3.05, 3.63) is 76.3 Å². The van der Waals surface area contributed by atoms with Crippen molar-refractivity contribution in [2.75, 3.05) is 13.2 Å². The van der Waals surface area contributed by atoms with E-state index in [9.17, 15) is 5.26 Å². The summed E-state index contributed by atoms with van der Waals surface area (Å²) in [5.74, 6) is 2.07. The van der Waals surface area contributed by atoms with Gasteiger partial charge in [-0.2, -0.15) is 5.26 Å². The number of hydrogen-bond acceptors (Lipinski definition) is 5. The van der Waals surface area contributed by atoms with Crippen molar-refractivity contribution in [1.82, 2.24) is 19.9 Å². The molecule has 0 bridgehead atoms. The minimum absolute atomic E-state index is 0.120. The van der Waals surface area contributed by atoms with Gasteiger partial charge in [-0.1, -0.05) is 6.07 Å². The summed E-state index contributed by atoms with van der Waals surface area (Å²) in [7, 11) is 0. The van der Waals surface area contributed by atoms with Crippen LogP contribution in [0.25, 0.3) is 33.2 Å². The molecule has 3 aliphatic rings. The van der Waals surface area contributed by atoms with Crippen LogP contribution in [0.2, 0.25) is 0 Å². The smallest absolute Gasteiger partial charge is 0.138 e. The van der Waals surface area contributed by atoms with Crippen molar-refractivity contribution in [3.63, 3.8) is 0 Å². The van der Waals surface area contributed by atoms with E-state index in [4.69, 9.17) is 9.47 Å². The second-order valence-corrected chi connectivity index (χ2v) is 11.8. The predicted octanol–water partition coefficient (Wildman–Crippen LogP) is 7.74. The summed E-state index contributed by atoms with van der Waals surface area (Å²) in [6.45, 7) is 1.44. The SMILES string of the molecule is Brc1ccnc2[nH]c(C3CC3)cc12.N#Cc1cc(-c2ccnc3[nH]c(C4CC4)cc23)ccc1OC1CCOCC1. The van der Waals surface area contributed by atoms with E-state index in [1.54, 1.807) is 0 Å². The Balaban J connectivity index is 0.000000169. The molecule has 5 aromatic rings. The Labute approximate surface area is 241 Å². The van der Waals surface area contributed by atoms with E-state index >= 15 is 0 Å². The van der Waals surface area contributed by atoms with Crippen LogP contribution in [-0.4, -0.2) is 39.3 Å². The first-order valence-corrected chi connectivity index (χ1v) is 14.8. The minimum atomic E-state index is 0.120. The van der Waals surface area contributed by atoms with Gasteiger partial charge in [0.1, 0.15) is 29.2 Å². The van der Waals surface area contributed by atoms with Gasteiger partial charge in [-0.25, -0.2) is 9.97 Å². The lowest BCUT2D eigenvalue weighted by molar-refractivity contribution is 0.0254. The normalized spacial score (nSPS) is 17.4. The molecular formula is C32H30BrN5O2. The zero-order chi connectivity index (χ0) is 27.1. The number of fused-ring (bicyclic) bond motifs is 2. The quantitative estimate of drug-likeness (QED) is 0.216. The lowest BCUT2D eigenvalue weighted by atomic mass is 10.0. The molecule has 40 heavy (non-hydrogen) atoms. The molecule has 5 heterocycles. The molecule has 1 aliphatic heterocycles. The third kappa shape index (κ3) is 5.24. The number of aromatic nitrogens is 4. The molecule has 2 N–H and O–H groups in total. The molecule has 2 saturated carbocycles. The lowest BCUT2D eigenvalue weighted by Crippen LogP contribution is -2.26. The molecule has 4 aromatic heterocycles. The van der Waals surface area contributed by atoms with Crippen molar-refractivity contribution in [3.8, 4) is 22.9 Å². The van der Waals surface area contributed by atoms with Crippen molar-refractivity contribution < 1.29 is 9.47 Å². The Kier molecular flexibility index (Phi) is 6.78. The van der Waals surface area contributed by atoms with E-state index < -0.39 is 0 Å². The fourth-order valence-corrected chi connectivity index (χ4v) is 5.82. The van der Waals surface area contributed by atoms with Gasteiger partial charge < -0.3 is 19.4 Å². The van der Waals surface area contributed by atoms with Gasteiger partial charge in [0.15, 0.2) is 0 Å². The maximum atomic E-state index is 9.64. The zero-order valence-electron chi connectivity index (χ0n) is 22.1. The maximum Gasteiger partial charge on any atom is 0.138 e. The number of pyridine rings is 2. The highest BCUT2D eigenvalue weighted by Gasteiger charge is 2.26. The molecule has 2 aliphatic carbocycles. The molecule has 0 amide bonds. The van der Waals surface area contributed by atoms with Gasteiger partial charge in [0.25, 0.3) is 0 Å². The van der Waals surface area contributed by atoms with E-state index in [0.29, 0.717) is 17.2 Å². The summed E-state index contributed by atoms with van der Waals surface area (Å²) >= 11 is 3.52. The van der Waals surface area contributed by atoms with Gasteiger partial charge in [0.05, 0.1) is 18.8 Å². The van der Waals surface area contributed by atoms with Gasteiger partial charge in [-0.15, -0.1) is 0 Å². The second kappa shape index (κ2) is 10.7. The number of halogens is 1. The number of nitriles is 1. The minimum Gasteiger partial charge on any atom is -0.489 e. The number of hydrogen-bond donors (Lipinski definition) is 2. The van der Waals surface area contributed by atoms with Crippen LogP contribution in [-0.2, 0) is 4.74 Å². The van der Waals surface area contributed by atoms with E-state index in [1.165, 1.54) is 42.5 Å². The number of benzene rings is 1. The first-order chi connectivity index (χ1) is 19.7. The third-order valence-electron chi connectivity index (χ3n) is 7.96. The summed E-state index contributed by atoms with van der Waals surface area (Å²) in [4.78, 5) is 15.6. The molecule has 7 nitrogen and oxygen atoms in total. The van der Waals surface area contributed by atoms with Gasteiger partial charge in [0.2, 0.25) is 0 Å². The molecule has 0 atom stereocenters. The zero-order valence-corrected chi connectivity index (χ0v) is 23.7. The van der Waals surface area contributed by atoms with Gasteiger partial charge >= 0.3 is 0 Å². The first kappa shape index (κ1) is 25.3. The molecule has 8 heteroatoms. The number of H-pyrrole nitrogens is 2. The second-order valence-electron chi connectivity index (χ2n) is 10.9. The van der Waals surface area contributed by atoms with Crippen LogP contribution < -0.4 is 4.74 Å². The van der Waals surface area contributed by atoms with Crippen molar-refractivity contribution in [2.45, 2.75) is 56.5 Å². The molecule has 8 rings (SSSR count). The summed E-state index contributed by atoms with van der Waals surface area (Å²) < 4.78 is 12.6. The van der Waals surface area contributed by atoms with Crippen LogP contribution in [0.3, 0.4) is 0 Å². The Morgan fingerprint density at radius 1 is 0.825 bits per heavy atom. The van der Waals surface area contributed by atoms with Crippen molar-refractivity contribution >= 4 is 38.0 Å². The Hall–Kier alpha value is -3.67.